The van der Waals surface area contributed by atoms with Crippen LogP contribution in [0.5, 0.6) is 5.75 Å². The number of hydrogen-bond acceptors (Lipinski definition) is 6. The number of esters is 1. The zero-order valence-electron chi connectivity index (χ0n) is 23.9. The van der Waals surface area contributed by atoms with E-state index in [9.17, 15) is 14.4 Å². The van der Waals surface area contributed by atoms with Gasteiger partial charge in [-0.25, -0.2) is 4.79 Å². The predicted molar refractivity (Wildman–Crippen MR) is 159 cm³/mol. The maximum atomic E-state index is 13.9. The van der Waals surface area contributed by atoms with Crippen molar-refractivity contribution in [3.05, 3.63) is 105 Å². The first-order valence-corrected chi connectivity index (χ1v) is 14.2. The van der Waals surface area contributed by atoms with Crippen molar-refractivity contribution in [1.82, 2.24) is 0 Å². The van der Waals surface area contributed by atoms with Crippen molar-refractivity contribution < 1.29 is 23.5 Å². The molecule has 0 saturated carbocycles. The van der Waals surface area contributed by atoms with E-state index in [1.54, 1.807) is 41.3 Å². The number of anilines is 1. The van der Waals surface area contributed by atoms with Crippen LogP contribution in [0, 0.1) is 12.8 Å². The lowest BCUT2D eigenvalue weighted by molar-refractivity contribution is 0.0499. The van der Waals surface area contributed by atoms with Gasteiger partial charge in [-0.3, -0.25) is 14.5 Å². The van der Waals surface area contributed by atoms with Crippen LogP contribution >= 0.6 is 0 Å². The van der Waals surface area contributed by atoms with E-state index < -0.39 is 17.9 Å². The van der Waals surface area contributed by atoms with Crippen molar-refractivity contribution in [2.75, 3.05) is 18.1 Å². The smallest absolute Gasteiger partial charge is 0.338 e. The molecule has 0 fully saturated rings. The molecule has 41 heavy (non-hydrogen) atoms. The fraction of sp³-hybridized carbons (Fsp3) is 0.324. The number of unbranched alkanes of at least 4 members (excludes halogenated alkanes) is 1. The zero-order valence-corrected chi connectivity index (χ0v) is 23.9. The summed E-state index contributed by atoms with van der Waals surface area (Å²) in [7, 11) is 0. The van der Waals surface area contributed by atoms with Gasteiger partial charge >= 0.3 is 5.97 Å². The Kier molecular flexibility index (Phi) is 8.24. The summed E-state index contributed by atoms with van der Waals surface area (Å²) in [5, 5.41) is 0.429. The molecule has 1 atom stereocenters. The standard InChI is InChI=1S/C34H35NO6/c1-5-6-17-40-34(38)23-11-13-25(14-12-23)35-30(24-8-7-9-26(20-24)39-18-16-21(2)3)29-31(36)27-19-22(4)10-15-28(27)41-32(29)33(35)37/h7-15,19-21,30H,5-6,16-18H2,1-4H3. The molecule has 7 nitrogen and oxygen atoms in total. The molecule has 1 amide bonds. The molecule has 4 aromatic rings. The fourth-order valence-electron chi connectivity index (χ4n) is 5.01. The largest absolute Gasteiger partial charge is 0.494 e. The van der Waals surface area contributed by atoms with Crippen LogP contribution in [0.4, 0.5) is 5.69 Å². The molecule has 0 N–H and O–H groups in total. The van der Waals surface area contributed by atoms with Gasteiger partial charge in [0.2, 0.25) is 5.76 Å². The molecule has 0 saturated heterocycles. The highest BCUT2D eigenvalue weighted by molar-refractivity contribution is 6.10. The second-order valence-electron chi connectivity index (χ2n) is 10.9. The number of amides is 1. The summed E-state index contributed by atoms with van der Waals surface area (Å²) in [5.41, 5.74) is 2.97. The minimum Gasteiger partial charge on any atom is -0.494 e. The summed E-state index contributed by atoms with van der Waals surface area (Å²) in [6.07, 6.45) is 2.63. The first kappa shape index (κ1) is 28.1. The maximum Gasteiger partial charge on any atom is 0.338 e. The van der Waals surface area contributed by atoms with Crippen LogP contribution in [-0.4, -0.2) is 25.1 Å². The number of carbonyl (C=O) groups is 2. The zero-order chi connectivity index (χ0) is 29.1. The van der Waals surface area contributed by atoms with Crippen molar-refractivity contribution in [2.45, 2.75) is 53.0 Å². The normalized spacial score (nSPS) is 14.5. The lowest BCUT2D eigenvalue weighted by atomic mass is 9.97. The number of benzene rings is 3. The Morgan fingerprint density at radius 3 is 2.51 bits per heavy atom. The van der Waals surface area contributed by atoms with Gasteiger partial charge in [0.25, 0.3) is 5.91 Å². The van der Waals surface area contributed by atoms with Crippen LogP contribution in [0.15, 0.2) is 75.9 Å². The summed E-state index contributed by atoms with van der Waals surface area (Å²) in [4.78, 5) is 41.9. The van der Waals surface area contributed by atoms with E-state index in [2.05, 4.69) is 13.8 Å². The summed E-state index contributed by atoms with van der Waals surface area (Å²) in [6, 6.07) is 18.8. The average molecular weight is 554 g/mol. The van der Waals surface area contributed by atoms with Crippen molar-refractivity contribution >= 4 is 28.5 Å². The number of nitrogens with zero attached hydrogens (tertiary/aromatic N) is 1. The van der Waals surface area contributed by atoms with Gasteiger partial charge in [0.1, 0.15) is 11.3 Å². The van der Waals surface area contributed by atoms with Crippen LogP contribution in [0.2, 0.25) is 0 Å². The molecule has 0 aliphatic carbocycles. The van der Waals surface area contributed by atoms with Gasteiger partial charge in [-0.05, 0) is 79.8 Å². The Morgan fingerprint density at radius 2 is 1.78 bits per heavy atom. The van der Waals surface area contributed by atoms with Crippen molar-refractivity contribution in [3.8, 4) is 5.75 Å². The first-order valence-electron chi connectivity index (χ1n) is 14.2. The fourth-order valence-corrected chi connectivity index (χ4v) is 5.01. The monoisotopic (exact) mass is 553 g/mol. The van der Waals surface area contributed by atoms with Gasteiger partial charge in [0.15, 0.2) is 5.43 Å². The molecule has 2 heterocycles. The number of carbonyl (C=O) groups excluding carboxylic acids is 2. The maximum absolute atomic E-state index is 13.9. The van der Waals surface area contributed by atoms with Gasteiger partial charge < -0.3 is 13.9 Å². The summed E-state index contributed by atoms with van der Waals surface area (Å²) >= 11 is 0. The van der Waals surface area contributed by atoms with Crippen LogP contribution in [0.25, 0.3) is 11.0 Å². The lowest BCUT2D eigenvalue weighted by Crippen LogP contribution is -2.29. The highest BCUT2D eigenvalue weighted by Crippen LogP contribution is 2.42. The summed E-state index contributed by atoms with van der Waals surface area (Å²) in [5.74, 6) is 0.346. The molecule has 7 heteroatoms. The average Bonchev–Trinajstić information content (AvgIpc) is 3.26. The number of hydrogen-bond donors (Lipinski definition) is 0. The van der Waals surface area contributed by atoms with Crippen molar-refractivity contribution in [3.63, 3.8) is 0 Å². The number of aryl methyl sites for hydroxylation is 1. The van der Waals surface area contributed by atoms with Crippen LogP contribution < -0.4 is 15.1 Å². The molecule has 1 aromatic heterocycles. The highest BCUT2D eigenvalue weighted by atomic mass is 16.5. The van der Waals surface area contributed by atoms with E-state index in [1.807, 2.05) is 44.2 Å². The van der Waals surface area contributed by atoms with E-state index in [0.29, 0.717) is 47.1 Å². The van der Waals surface area contributed by atoms with Crippen LogP contribution in [-0.2, 0) is 4.74 Å². The Hall–Kier alpha value is -4.39. The van der Waals surface area contributed by atoms with Gasteiger partial charge in [-0.1, -0.05) is 51.0 Å². The van der Waals surface area contributed by atoms with Gasteiger partial charge in [-0.2, -0.15) is 0 Å². The molecule has 0 radical (unpaired) electrons. The molecule has 1 aliphatic rings. The second-order valence-corrected chi connectivity index (χ2v) is 10.9. The Bertz CT molecular complexity index is 1640. The highest BCUT2D eigenvalue weighted by Gasteiger charge is 2.43. The quantitative estimate of drug-likeness (QED) is 0.152. The van der Waals surface area contributed by atoms with E-state index in [1.165, 1.54) is 0 Å². The third-order valence-corrected chi connectivity index (χ3v) is 7.28. The van der Waals surface area contributed by atoms with Gasteiger partial charge in [0.05, 0.1) is 35.8 Å². The molecule has 5 rings (SSSR count). The Labute approximate surface area is 239 Å². The molecule has 1 unspecified atom stereocenters. The van der Waals surface area contributed by atoms with E-state index in [4.69, 9.17) is 13.9 Å². The van der Waals surface area contributed by atoms with Crippen molar-refractivity contribution in [1.29, 1.82) is 0 Å². The van der Waals surface area contributed by atoms with E-state index in [0.717, 1.165) is 30.4 Å². The van der Waals surface area contributed by atoms with Crippen LogP contribution in [0.3, 0.4) is 0 Å². The first-order chi connectivity index (χ1) is 19.8. The molecule has 212 valence electrons. The third-order valence-electron chi connectivity index (χ3n) is 7.28. The SMILES string of the molecule is CCCCOC(=O)c1ccc(N2C(=O)c3oc4ccc(C)cc4c(=O)c3C2c2cccc(OCCC(C)C)c2)cc1. The summed E-state index contributed by atoms with van der Waals surface area (Å²) < 4.78 is 17.4. The minimum atomic E-state index is -0.741. The van der Waals surface area contributed by atoms with Gasteiger partial charge in [-0.15, -0.1) is 0 Å². The predicted octanol–water partition coefficient (Wildman–Crippen LogP) is 7.23. The third kappa shape index (κ3) is 5.75. The molecule has 0 bridgehead atoms. The van der Waals surface area contributed by atoms with Crippen molar-refractivity contribution in [2.24, 2.45) is 5.92 Å². The Balaban J connectivity index is 1.59. The van der Waals surface area contributed by atoms with E-state index in [-0.39, 0.29) is 16.8 Å². The summed E-state index contributed by atoms with van der Waals surface area (Å²) in [6.45, 7) is 9.14. The Morgan fingerprint density at radius 1 is 1.00 bits per heavy atom. The lowest BCUT2D eigenvalue weighted by Gasteiger charge is -2.25. The second kappa shape index (κ2) is 12.0. The topological polar surface area (TPSA) is 86.0 Å². The molecule has 0 spiro atoms. The van der Waals surface area contributed by atoms with E-state index >= 15 is 0 Å². The molecule has 1 aliphatic heterocycles. The molecule has 3 aromatic carbocycles. The number of fused-ring (bicyclic) bond motifs is 2. The van der Waals surface area contributed by atoms with Gasteiger partial charge in [0, 0.05) is 5.69 Å². The number of rotatable bonds is 10. The minimum absolute atomic E-state index is 0.0190. The number of ether oxygens (including phenoxy) is 2. The van der Waals surface area contributed by atoms with Crippen LogP contribution in [0.1, 0.15) is 83.7 Å². The molecular formula is C34H35NO6. The molecular weight excluding hydrogens is 518 g/mol.